The van der Waals surface area contributed by atoms with Crippen LogP contribution in [0.25, 0.3) is 0 Å². The molecule has 1 saturated heterocycles. The topological polar surface area (TPSA) is 16.1 Å². The average molecular weight is 261 g/mol. The predicted octanol–water partition coefficient (Wildman–Crippen LogP) is 2.63. The largest absolute Gasteiger partial charge is 0.306 e. The number of thiazole rings is 1. The van der Waals surface area contributed by atoms with E-state index in [-0.39, 0.29) is 0 Å². The van der Waals surface area contributed by atoms with Gasteiger partial charge in [-0.25, -0.2) is 4.98 Å². The third-order valence-corrected chi connectivity index (χ3v) is 4.02. The number of rotatable bonds is 1. The number of aromatic nitrogens is 1. The van der Waals surface area contributed by atoms with E-state index in [0.717, 1.165) is 10.5 Å². The maximum atomic E-state index is 4.54. The first-order chi connectivity index (χ1) is 6.16. The highest BCUT2D eigenvalue weighted by atomic mass is 79.9. The minimum Gasteiger partial charge on any atom is -0.306 e. The molecule has 1 aliphatic heterocycles. The van der Waals surface area contributed by atoms with Gasteiger partial charge in [0.15, 0.2) is 3.92 Å². The van der Waals surface area contributed by atoms with Crippen LogP contribution >= 0.6 is 27.3 Å². The second kappa shape index (κ2) is 3.67. The van der Waals surface area contributed by atoms with Crippen molar-refractivity contribution in [3.63, 3.8) is 0 Å². The molecule has 1 unspecified atom stereocenters. The van der Waals surface area contributed by atoms with Crippen LogP contribution in [0.15, 0.2) is 3.92 Å². The quantitative estimate of drug-likeness (QED) is 0.772. The first-order valence-corrected chi connectivity index (χ1v) is 6.09. The Morgan fingerprint density at radius 1 is 1.62 bits per heavy atom. The Hall–Kier alpha value is 0.0700. The highest BCUT2D eigenvalue weighted by Gasteiger charge is 2.24. The van der Waals surface area contributed by atoms with Crippen molar-refractivity contribution in [1.82, 2.24) is 9.88 Å². The lowest BCUT2D eigenvalue weighted by atomic mass is 10.0. The number of likely N-dealkylation sites (tertiary alicyclic amines) is 1. The van der Waals surface area contributed by atoms with Gasteiger partial charge in [0.2, 0.25) is 0 Å². The van der Waals surface area contributed by atoms with E-state index in [2.05, 4.69) is 39.8 Å². The average Bonchev–Trinajstić information content (AvgIpc) is 2.58. The number of hydrogen-bond donors (Lipinski definition) is 0. The van der Waals surface area contributed by atoms with Gasteiger partial charge in [-0.3, -0.25) is 0 Å². The normalized spacial score (nSPS) is 24.1. The van der Waals surface area contributed by atoms with Crippen molar-refractivity contribution in [2.75, 3.05) is 20.1 Å². The third kappa shape index (κ3) is 1.95. The monoisotopic (exact) mass is 260 g/mol. The Morgan fingerprint density at radius 3 is 2.85 bits per heavy atom. The maximum absolute atomic E-state index is 4.54. The second-order valence-corrected chi connectivity index (χ2v) is 6.14. The van der Waals surface area contributed by atoms with Crippen molar-refractivity contribution in [1.29, 1.82) is 0 Å². The van der Waals surface area contributed by atoms with Gasteiger partial charge < -0.3 is 4.90 Å². The van der Waals surface area contributed by atoms with Crippen LogP contribution in [0.4, 0.5) is 0 Å². The molecule has 13 heavy (non-hydrogen) atoms. The summed E-state index contributed by atoms with van der Waals surface area (Å²) in [7, 11) is 2.18. The molecule has 0 spiro atoms. The summed E-state index contributed by atoms with van der Waals surface area (Å²) in [5.41, 5.74) is 1.31. The van der Waals surface area contributed by atoms with Crippen LogP contribution < -0.4 is 0 Å². The molecule has 2 rings (SSSR count). The van der Waals surface area contributed by atoms with Gasteiger partial charge in [0.05, 0.1) is 5.69 Å². The van der Waals surface area contributed by atoms with Crippen LogP contribution in [-0.4, -0.2) is 30.0 Å². The molecule has 0 aliphatic carbocycles. The van der Waals surface area contributed by atoms with Crippen LogP contribution in [0.2, 0.25) is 0 Å². The zero-order valence-corrected chi connectivity index (χ0v) is 10.3. The molecule has 2 heterocycles. The van der Waals surface area contributed by atoms with Crippen LogP contribution in [0.5, 0.6) is 0 Å². The molecule has 0 amide bonds. The zero-order chi connectivity index (χ0) is 9.42. The minimum atomic E-state index is 0.660. The number of hydrogen-bond acceptors (Lipinski definition) is 3. The molecule has 2 nitrogen and oxygen atoms in total. The summed E-state index contributed by atoms with van der Waals surface area (Å²) in [6.45, 7) is 4.53. The van der Waals surface area contributed by atoms with Gasteiger partial charge in [0.1, 0.15) is 0 Å². The van der Waals surface area contributed by atoms with Crippen molar-refractivity contribution in [3.8, 4) is 0 Å². The molecule has 0 saturated carbocycles. The SMILES string of the molecule is Cc1sc(Br)nc1C1CCN(C)C1. The van der Waals surface area contributed by atoms with E-state index in [1.54, 1.807) is 11.3 Å². The molecule has 0 radical (unpaired) electrons. The Morgan fingerprint density at radius 2 is 2.38 bits per heavy atom. The van der Waals surface area contributed by atoms with Crippen molar-refractivity contribution >= 4 is 27.3 Å². The lowest BCUT2D eigenvalue weighted by molar-refractivity contribution is 0.410. The Balaban J connectivity index is 2.20. The molecule has 1 aromatic heterocycles. The molecule has 1 aromatic rings. The lowest BCUT2D eigenvalue weighted by Crippen LogP contribution is -2.13. The summed E-state index contributed by atoms with van der Waals surface area (Å²) in [4.78, 5) is 8.28. The zero-order valence-electron chi connectivity index (χ0n) is 7.88. The van der Waals surface area contributed by atoms with Crippen LogP contribution in [0.3, 0.4) is 0 Å². The van der Waals surface area contributed by atoms with Gasteiger partial charge in [-0.05, 0) is 42.9 Å². The van der Waals surface area contributed by atoms with Crippen molar-refractivity contribution < 1.29 is 0 Å². The third-order valence-electron chi connectivity index (χ3n) is 2.58. The maximum Gasteiger partial charge on any atom is 0.159 e. The highest BCUT2D eigenvalue weighted by molar-refractivity contribution is 9.11. The van der Waals surface area contributed by atoms with E-state index < -0.39 is 0 Å². The Labute approximate surface area is 91.1 Å². The number of halogens is 1. The first kappa shape index (κ1) is 9.62. The summed E-state index contributed by atoms with van der Waals surface area (Å²) in [5, 5.41) is 0. The summed E-state index contributed by atoms with van der Waals surface area (Å²) in [6.07, 6.45) is 1.26. The van der Waals surface area contributed by atoms with Crippen LogP contribution in [-0.2, 0) is 0 Å². The molecule has 1 atom stereocenters. The van der Waals surface area contributed by atoms with E-state index >= 15 is 0 Å². The Kier molecular flexibility index (Phi) is 2.72. The second-order valence-electron chi connectivity index (χ2n) is 3.66. The lowest BCUT2D eigenvalue weighted by Gasteiger charge is -2.08. The van der Waals surface area contributed by atoms with E-state index in [0.29, 0.717) is 5.92 Å². The van der Waals surface area contributed by atoms with E-state index in [4.69, 9.17) is 0 Å². The summed E-state index contributed by atoms with van der Waals surface area (Å²) in [5.74, 6) is 0.660. The molecule has 0 bridgehead atoms. The molecular formula is C9H13BrN2S. The molecule has 1 aliphatic rings. The minimum absolute atomic E-state index is 0.660. The summed E-state index contributed by atoms with van der Waals surface area (Å²) in [6, 6.07) is 0. The van der Waals surface area contributed by atoms with Gasteiger partial charge in [-0.2, -0.15) is 0 Å². The fourth-order valence-corrected chi connectivity index (χ4v) is 3.54. The van der Waals surface area contributed by atoms with Gasteiger partial charge >= 0.3 is 0 Å². The number of aryl methyl sites for hydroxylation is 1. The van der Waals surface area contributed by atoms with Crippen molar-refractivity contribution in [2.45, 2.75) is 19.3 Å². The molecule has 0 N–H and O–H groups in total. The molecule has 4 heteroatoms. The van der Waals surface area contributed by atoms with Crippen molar-refractivity contribution in [3.05, 3.63) is 14.5 Å². The molecule has 0 aromatic carbocycles. The van der Waals surface area contributed by atoms with Crippen molar-refractivity contribution in [2.24, 2.45) is 0 Å². The first-order valence-electron chi connectivity index (χ1n) is 4.48. The number of likely N-dealkylation sites (N-methyl/N-ethyl adjacent to an activating group) is 1. The van der Waals surface area contributed by atoms with Gasteiger partial charge in [-0.1, -0.05) is 0 Å². The molecule has 1 fully saturated rings. The van der Waals surface area contributed by atoms with Gasteiger partial charge in [-0.15, -0.1) is 11.3 Å². The number of nitrogens with zero attached hydrogens (tertiary/aromatic N) is 2. The highest BCUT2D eigenvalue weighted by Crippen LogP contribution is 2.32. The van der Waals surface area contributed by atoms with E-state index in [1.807, 2.05) is 0 Å². The van der Waals surface area contributed by atoms with Gasteiger partial charge in [0.25, 0.3) is 0 Å². The van der Waals surface area contributed by atoms with E-state index in [1.165, 1.54) is 23.5 Å². The molecular weight excluding hydrogens is 248 g/mol. The predicted molar refractivity (Wildman–Crippen MR) is 59.4 cm³/mol. The fourth-order valence-electron chi connectivity index (χ4n) is 1.91. The summed E-state index contributed by atoms with van der Waals surface area (Å²) < 4.78 is 1.02. The smallest absolute Gasteiger partial charge is 0.159 e. The fraction of sp³-hybridized carbons (Fsp3) is 0.667. The van der Waals surface area contributed by atoms with Gasteiger partial charge in [0, 0.05) is 17.3 Å². The van der Waals surface area contributed by atoms with Crippen LogP contribution in [0, 0.1) is 6.92 Å². The molecule has 72 valence electrons. The standard InChI is InChI=1S/C9H13BrN2S/c1-6-8(11-9(10)13-6)7-3-4-12(2)5-7/h7H,3-5H2,1-2H3. The van der Waals surface area contributed by atoms with E-state index in [9.17, 15) is 0 Å². The van der Waals surface area contributed by atoms with Crippen LogP contribution in [0.1, 0.15) is 22.9 Å². The Bertz CT molecular complexity index is 311. The summed E-state index contributed by atoms with van der Waals surface area (Å²) >= 11 is 5.18.